The Kier molecular flexibility index (Phi) is 4.52. The van der Waals surface area contributed by atoms with Crippen LogP contribution in [0.2, 0.25) is 0 Å². The zero-order chi connectivity index (χ0) is 13.8. The molecule has 2 N–H and O–H groups in total. The van der Waals surface area contributed by atoms with Gasteiger partial charge >= 0.3 is 0 Å². The third-order valence-electron chi connectivity index (χ3n) is 2.63. The van der Waals surface area contributed by atoms with Gasteiger partial charge in [-0.05, 0) is 53.6 Å². The van der Waals surface area contributed by atoms with Crippen molar-refractivity contribution >= 4 is 28.4 Å². The second kappa shape index (κ2) is 6.14. The van der Waals surface area contributed by atoms with Crippen molar-refractivity contribution in [3.63, 3.8) is 0 Å². The Labute approximate surface area is 123 Å². The van der Waals surface area contributed by atoms with Crippen LogP contribution in [0.4, 0.5) is 10.2 Å². The van der Waals surface area contributed by atoms with Crippen molar-refractivity contribution in [2.45, 2.75) is 19.4 Å². The second-order valence-electron chi connectivity index (χ2n) is 4.27. The zero-order valence-corrected chi connectivity index (χ0v) is 12.4. The van der Waals surface area contributed by atoms with Crippen LogP contribution in [-0.2, 0) is 6.42 Å². The molecular weight excluding hydrogens is 360 g/mol. The van der Waals surface area contributed by atoms with Crippen molar-refractivity contribution in [3.8, 4) is 0 Å². The van der Waals surface area contributed by atoms with Crippen molar-refractivity contribution < 1.29 is 4.39 Å². The summed E-state index contributed by atoms with van der Waals surface area (Å²) in [5, 5.41) is 3.18. The molecule has 1 heterocycles. The van der Waals surface area contributed by atoms with Crippen LogP contribution in [0.1, 0.15) is 12.5 Å². The largest absolute Gasteiger partial charge is 0.366 e. The van der Waals surface area contributed by atoms with Gasteiger partial charge in [0.15, 0.2) is 0 Å². The standard InChI is InChI=1S/C13H13FIN3O/c1-8(6-9-2-4-10(14)5-3-9)18-12-11(15)13(19)17-7-16-12/h2-5,7-8H,6H2,1H3,(H2,16,17,18,19). The molecule has 0 fully saturated rings. The van der Waals surface area contributed by atoms with Gasteiger partial charge in [0.2, 0.25) is 0 Å². The number of halogens is 2. The lowest BCUT2D eigenvalue weighted by Crippen LogP contribution is -2.22. The monoisotopic (exact) mass is 373 g/mol. The number of H-pyrrole nitrogens is 1. The minimum absolute atomic E-state index is 0.0910. The molecule has 4 nitrogen and oxygen atoms in total. The van der Waals surface area contributed by atoms with E-state index < -0.39 is 0 Å². The minimum atomic E-state index is -0.241. The Morgan fingerprint density at radius 1 is 1.42 bits per heavy atom. The fourth-order valence-corrected chi connectivity index (χ4v) is 2.19. The molecule has 0 radical (unpaired) electrons. The number of nitrogens with one attached hydrogen (secondary N) is 2. The predicted molar refractivity (Wildman–Crippen MR) is 80.8 cm³/mol. The van der Waals surface area contributed by atoms with Crippen molar-refractivity contribution in [1.29, 1.82) is 0 Å². The van der Waals surface area contributed by atoms with Crippen LogP contribution >= 0.6 is 22.6 Å². The summed E-state index contributed by atoms with van der Waals surface area (Å²) in [6, 6.07) is 6.48. The van der Waals surface area contributed by atoms with E-state index in [4.69, 9.17) is 0 Å². The van der Waals surface area contributed by atoms with Crippen molar-refractivity contribution in [1.82, 2.24) is 9.97 Å². The summed E-state index contributed by atoms with van der Waals surface area (Å²) in [5.74, 6) is 0.328. The Balaban J connectivity index is 2.05. The highest BCUT2D eigenvalue weighted by Gasteiger charge is 2.09. The van der Waals surface area contributed by atoms with Gasteiger partial charge in [0.1, 0.15) is 15.2 Å². The van der Waals surface area contributed by atoms with Crippen LogP contribution in [0, 0.1) is 9.39 Å². The van der Waals surface area contributed by atoms with E-state index in [1.165, 1.54) is 18.5 Å². The first-order valence-corrected chi connectivity index (χ1v) is 6.88. The number of hydrogen-bond acceptors (Lipinski definition) is 3. The van der Waals surface area contributed by atoms with Gasteiger partial charge in [-0.3, -0.25) is 4.79 Å². The normalized spacial score (nSPS) is 12.2. The fraction of sp³-hybridized carbons (Fsp3) is 0.231. The predicted octanol–water partition coefficient (Wildman–Crippen LogP) is 2.56. The quantitative estimate of drug-likeness (QED) is 0.811. The molecule has 0 saturated carbocycles. The second-order valence-corrected chi connectivity index (χ2v) is 5.35. The zero-order valence-electron chi connectivity index (χ0n) is 10.3. The van der Waals surface area contributed by atoms with Gasteiger partial charge in [0.25, 0.3) is 5.56 Å². The summed E-state index contributed by atoms with van der Waals surface area (Å²) in [7, 11) is 0. The lowest BCUT2D eigenvalue weighted by molar-refractivity contribution is 0.626. The Morgan fingerprint density at radius 2 is 2.11 bits per heavy atom. The number of aromatic nitrogens is 2. The van der Waals surface area contributed by atoms with E-state index in [0.717, 1.165) is 12.0 Å². The molecule has 2 rings (SSSR count). The van der Waals surface area contributed by atoms with Gasteiger partial charge < -0.3 is 10.3 Å². The third-order valence-corrected chi connectivity index (χ3v) is 3.64. The molecule has 19 heavy (non-hydrogen) atoms. The van der Waals surface area contributed by atoms with E-state index in [2.05, 4.69) is 15.3 Å². The van der Waals surface area contributed by atoms with Crippen LogP contribution in [0.15, 0.2) is 35.4 Å². The SMILES string of the molecule is CC(Cc1ccc(F)cc1)Nc1nc[nH]c(=O)c1I. The van der Waals surface area contributed by atoms with Gasteiger partial charge in [0.05, 0.1) is 6.33 Å². The fourth-order valence-electron chi connectivity index (χ4n) is 1.74. The number of benzene rings is 1. The number of anilines is 1. The molecule has 0 aliphatic heterocycles. The third kappa shape index (κ3) is 3.76. The molecule has 1 aromatic heterocycles. The van der Waals surface area contributed by atoms with E-state index in [0.29, 0.717) is 9.39 Å². The first kappa shape index (κ1) is 14.0. The maximum atomic E-state index is 12.8. The highest BCUT2D eigenvalue weighted by atomic mass is 127. The average molecular weight is 373 g/mol. The molecule has 2 aromatic rings. The summed E-state index contributed by atoms with van der Waals surface area (Å²) < 4.78 is 13.3. The first-order chi connectivity index (χ1) is 9.06. The van der Waals surface area contributed by atoms with E-state index in [1.54, 1.807) is 12.1 Å². The Hall–Kier alpha value is -1.44. The first-order valence-electron chi connectivity index (χ1n) is 5.80. The summed E-state index contributed by atoms with van der Waals surface area (Å²) in [6.07, 6.45) is 2.10. The lowest BCUT2D eigenvalue weighted by atomic mass is 10.1. The maximum absolute atomic E-state index is 12.8. The molecule has 0 aliphatic rings. The molecule has 0 bridgehead atoms. The van der Waals surface area contributed by atoms with Gasteiger partial charge in [-0.2, -0.15) is 0 Å². The molecule has 6 heteroatoms. The van der Waals surface area contributed by atoms with Crippen LogP contribution in [-0.4, -0.2) is 16.0 Å². The van der Waals surface area contributed by atoms with E-state index in [-0.39, 0.29) is 17.4 Å². The molecule has 1 unspecified atom stereocenters. The van der Waals surface area contributed by atoms with Crippen molar-refractivity contribution in [3.05, 3.63) is 55.9 Å². The number of aromatic amines is 1. The van der Waals surface area contributed by atoms with E-state index in [1.807, 2.05) is 29.5 Å². The average Bonchev–Trinajstić information content (AvgIpc) is 2.38. The molecule has 1 atom stereocenters. The van der Waals surface area contributed by atoms with Crippen molar-refractivity contribution in [2.75, 3.05) is 5.32 Å². The Bertz CT molecular complexity index is 612. The van der Waals surface area contributed by atoms with Crippen LogP contribution < -0.4 is 10.9 Å². The molecule has 0 saturated heterocycles. The molecule has 1 aromatic carbocycles. The van der Waals surface area contributed by atoms with E-state index in [9.17, 15) is 9.18 Å². The number of rotatable bonds is 4. The summed E-state index contributed by atoms with van der Waals surface area (Å²) in [6.45, 7) is 1.99. The highest BCUT2D eigenvalue weighted by Crippen LogP contribution is 2.13. The molecule has 100 valence electrons. The smallest absolute Gasteiger partial charge is 0.266 e. The number of hydrogen-bond donors (Lipinski definition) is 2. The maximum Gasteiger partial charge on any atom is 0.266 e. The summed E-state index contributed by atoms with van der Waals surface area (Å²) in [5.41, 5.74) is 0.869. The molecular formula is C13H13FIN3O. The van der Waals surface area contributed by atoms with Gasteiger partial charge in [-0.1, -0.05) is 12.1 Å². The van der Waals surface area contributed by atoms with Crippen LogP contribution in [0.25, 0.3) is 0 Å². The lowest BCUT2D eigenvalue weighted by Gasteiger charge is -2.15. The van der Waals surface area contributed by atoms with Crippen molar-refractivity contribution in [2.24, 2.45) is 0 Å². The van der Waals surface area contributed by atoms with Gasteiger partial charge in [-0.25, -0.2) is 9.37 Å². The Morgan fingerprint density at radius 3 is 2.79 bits per heavy atom. The minimum Gasteiger partial charge on any atom is -0.366 e. The summed E-state index contributed by atoms with van der Waals surface area (Å²) >= 11 is 1.96. The molecule has 0 spiro atoms. The topological polar surface area (TPSA) is 57.8 Å². The van der Waals surface area contributed by atoms with Crippen LogP contribution in [0.5, 0.6) is 0 Å². The molecule has 0 aliphatic carbocycles. The summed E-state index contributed by atoms with van der Waals surface area (Å²) in [4.78, 5) is 18.0. The van der Waals surface area contributed by atoms with Gasteiger partial charge in [0, 0.05) is 6.04 Å². The molecule has 0 amide bonds. The highest BCUT2D eigenvalue weighted by molar-refractivity contribution is 14.1. The van der Waals surface area contributed by atoms with E-state index >= 15 is 0 Å². The van der Waals surface area contributed by atoms with Crippen LogP contribution in [0.3, 0.4) is 0 Å². The number of nitrogens with zero attached hydrogens (tertiary/aromatic N) is 1. The van der Waals surface area contributed by atoms with Gasteiger partial charge in [-0.15, -0.1) is 0 Å².